The molecule has 3 aliphatic rings. The largest absolute Gasteiger partial charge is 0.459 e. The van der Waals surface area contributed by atoms with E-state index in [1.165, 1.54) is 6.26 Å². The zero-order chi connectivity index (χ0) is 15.1. The zero-order valence-corrected chi connectivity index (χ0v) is 12.5. The van der Waals surface area contributed by atoms with Crippen molar-refractivity contribution in [2.75, 3.05) is 26.2 Å². The predicted octanol–water partition coefficient (Wildman–Crippen LogP) is 1.78. The fourth-order valence-corrected chi connectivity index (χ4v) is 3.99. The highest BCUT2D eigenvalue weighted by Crippen LogP contribution is 2.44. The number of carbonyl (C=O) groups is 2. The molecule has 3 unspecified atom stereocenters. The highest BCUT2D eigenvalue weighted by molar-refractivity contribution is 5.91. The summed E-state index contributed by atoms with van der Waals surface area (Å²) in [5.74, 6) is 1.79. The van der Waals surface area contributed by atoms with E-state index in [-0.39, 0.29) is 17.7 Å². The Bertz CT molecular complexity index is 599. The van der Waals surface area contributed by atoms with Gasteiger partial charge in [-0.05, 0) is 36.8 Å². The van der Waals surface area contributed by atoms with Crippen LogP contribution in [0, 0.1) is 17.8 Å². The van der Waals surface area contributed by atoms with Gasteiger partial charge < -0.3 is 14.2 Å². The number of furan rings is 1. The van der Waals surface area contributed by atoms with Crippen LogP contribution in [0.2, 0.25) is 0 Å². The molecule has 5 nitrogen and oxygen atoms in total. The number of allylic oxidation sites excluding steroid dienone is 2. The first-order valence-corrected chi connectivity index (χ1v) is 8.02. The van der Waals surface area contributed by atoms with Crippen LogP contribution in [0.25, 0.3) is 0 Å². The van der Waals surface area contributed by atoms with E-state index in [2.05, 4.69) is 12.2 Å². The molecule has 4 rings (SSSR count). The van der Waals surface area contributed by atoms with Crippen LogP contribution in [0.4, 0.5) is 0 Å². The molecular formula is C17H20N2O3. The van der Waals surface area contributed by atoms with Gasteiger partial charge in [-0.15, -0.1) is 0 Å². The molecule has 2 heterocycles. The van der Waals surface area contributed by atoms with Gasteiger partial charge in [0.1, 0.15) is 0 Å². The molecule has 2 aliphatic carbocycles. The van der Waals surface area contributed by atoms with E-state index < -0.39 is 0 Å². The van der Waals surface area contributed by atoms with Crippen LogP contribution in [0.3, 0.4) is 0 Å². The van der Waals surface area contributed by atoms with Gasteiger partial charge in [0.25, 0.3) is 5.91 Å². The van der Waals surface area contributed by atoms with Gasteiger partial charge >= 0.3 is 0 Å². The minimum absolute atomic E-state index is 0.0834. The number of hydrogen-bond acceptors (Lipinski definition) is 3. The molecular weight excluding hydrogens is 280 g/mol. The van der Waals surface area contributed by atoms with Crippen molar-refractivity contribution in [1.82, 2.24) is 9.80 Å². The Morgan fingerprint density at radius 2 is 1.82 bits per heavy atom. The summed E-state index contributed by atoms with van der Waals surface area (Å²) in [7, 11) is 0. The first kappa shape index (κ1) is 13.6. The molecule has 0 radical (unpaired) electrons. The van der Waals surface area contributed by atoms with Crippen molar-refractivity contribution >= 4 is 11.8 Å². The lowest BCUT2D eigenvalue weighted by atomic mass is 9.92. The SMILES string of the molecule is O=C(c1ccco1)N1CCN(C(=O)C2CC3C=CC2C3)CC1. The third-order valence-corrected chi connectivity index (χ3v) is 5.21. The van der Waals surface area contributed by atoms with Crippen LogP contribution in [-0.4, -0.2) is 47.8 Å². The van der Waals surface area contributed by atoms with Crippen molar-refractivity contribution in [3.05, 3.63) is 36.3 Å². The number of nitrogens with zero attached hydrogens (tertiary/aromatic N) is 2. The van der Waals surface area contributed by atoms with E-state index in [4.69, 9.17) is 4.42 Å². The molecule has 0 N–H and O–H groups in total. The van der Waals surface area contributed by atoms with Crippen LogP contribution < -0.4 is 0 Å². The lowest BCUT2D eigenvalue weighted by Crippen LogP contribution is -2.52. The number of piperazine rings is 1. The maximum absolute atomic E-state index is 12.7. The second kappa shape index (κ2) is 5.30. The molecule has 2 bridgehead atoms. The summed E-state index contributed by atoms with van der Waals surface area (Å²) < 4.78 is 5.16. The number of amides is 2. The molecule has 0 spiro atoms. The summed E-state index contributed by atoms with van der Waals surface area (Å²) >= 11 is 0. The molecule has 1 saturated carbocycles. The van der Waals surface area contributed by atoms with Crippen LogP contribution in [0.15, 0.2) is 35.0 Å². The minimum Gasteiger partial charge on any atom is -0.459 e. The average molecular weight is 300 g/mol. The lowest BCUT2D eigenvalue weighted by molar-refractivity contribution is -0.137. The van der Waals surface area contributed by atoms with Gasteiger partial charge in [0.2, 0.25) is 5.91 Å². The third-order valence-electron chi connectivity index (χ3n) is 5.21. The number of carbonyl (C=O) groups excluding carboxylic acids is 2. The highest BCUT2D eigenvalue weighted by Gasteiger charge is 2.42. The van der Waals surface area contributed by atoms with Crippen molar-refractivity contribution < 1.29 is 14.0 Å². The van der Waals surface area contributed by atoms with Gasteiger partial charge in [-0.2, -0.15) is 0 Å². The Balaban J connectivity index is 1.35. The molecule has 2 fully saturated rings. The van der Waals surface area contributed by atoms with Crippen molar-refractivity contribution in [3.8, 4) is 0 Å². The minimum atomic E-state index is -0.0834. The normalized spacial score (nSPS) is 30.1. The first-order valence-electron chi connectivity index (χ1n) is 8.02. The highest BCUT2D eigenvalue weighted by atomic mass is 16.3. The second-order valence-corrected chi connectivity index (χ2v) is 6.48. The summed E-state index contributed by atoms with van der Waals surface area (Å²) in [6.07, 6.45) is 8.14. The molecule has 0 aromatic carbocycles. The molecule has 5 heteroatoms. The van der Waals surface area contributed by atoms with Crippen LogP contribution in [-0.2, 0) is 4.79 Å². The summed E-state index contributed by atoms with van der Waals surface area (Å²) in [5, 5.41) is 0. The fourth-order valence-electron chi connectivity index (χ4n) is 3.99. The van der Waals surface area contributed by atoms with Crippen LogP contribution in [0.1, 0.15) is 23.4 Å². The van der Waals surface area contributed by atoms with Gasteiger partial charge in [0, 0.05) is 32.1 Å². The standard InChI is InChI=1S/C17H20N2O3/c20-16(14-11-12-3-4-13(14)10-12)18-5-7-19(8-6-18)17(21)15-2-1-9-22-15/h1-4,9,12-14H,5-8,10-11H2. The Kier molecular flexibility index (Phi) is 3.28. The number of hydrogen-bond donors (Lipinski definition) is 0. The Morgan fingerprint density at radius 3 is 2.41 bits per heavy atom. The van der Waals surface area contributed by atoms with Crippen molar-refractivity contribution in [3.63, 3.8) is 0 Å². The van der Waals surface area contributed by atoms with E-state index in [0.717, 1.165) is 12.8 Å². The smallest absolute Gasteiger partial charge is 0.289 e. The average Bonchev–Trinajstić information content (AvgIpc) is 3.30. The molecule has 1 aromatic heterocycles. The number of rotatable bonds is 2. The van der Waals surface area contributed by atoms with Gasteiger partial charge in [0.15, 0.2) is 5.76 Å². The summed E-state index contributed by atoms with van der Waals surface area (Å²) in [6, 6.07) is 3.40. The quantitative estimate of drug-likeness (QED) is 0.782. The Morgan fingerprint density at radius 1 is 1.05 bits per heavy atom. The second-order valence-electron chi connectivity index (χ2n) is 6.48. The van der Waals surface area contributed by atoms with Gasteiger partial charge in [-0.1, -0.05) is 12.2 Å². The topological polar surface area (TPSA) is 53.8 Å². The van der Waals surface area contributed by atoms with Crippen LogP contribution >= 0.6 is 0 Å². The molecule has 2 amide bonds. The maximum atomic E-state index is 12.7. The predicted molar refractivity (Wildman–Crippen MR) is 80.0 cm³/mol. The third kappa shape index (κ3) is 2.25. The van der Waals surface area contributed by atoms with Gasteiger partial charge in [-0.3, -0.25) is 9.59 Å². The van der Waals surface area contributed by atoms with E-state index in [0.29, 0.717) is 43.8 Å². The molecule has 116 valence electrons. The van der Waals surface area contributed by atoms with E-state index in [1.54, 1.807) is 17.0 Å². The van der Waals surface area contributed by atoms with Gasteiger partial charge in [0.05, 0.1) is 6.26 Å². The molecule has 3 atom stereocenters. The summed E-state index contributed by atoms with van der Waals surface area (Å²) in [5.41, 5.74) is 0. The molecule has 22 heavy (non-hydrogen) atoms. The Labute approximate surface area is 129 Å². The number of fused-ring (bicyclic) bond motifs is 2. The maximum Gasteiger partial charge on any atom is 0.289 e. The van der Waals surface area contributed by atoms with Crippen molar-refractivity contribution in [1.29, 1.82) is 0 Å². The Hall–Kier alpha value is -2.04. The van der Waals surface area contributed by atoms with Crippen LogP contribution in [0.5, 0.6) is 0 Å². The van der Waals surface area contributed by atoms with Gasteiger partial charge in [-0.25, -0.2) is 0 Å². The summed E-state index contributed by atoms with van der Waals surface area (Å²) in [6.45, 7) is 2.43. The van der Waals surface area contributed by atoms with E-state index in [9.17, 15) is 9.59 Å². The lowest BCUT2D eigenvalue weighted by Gasteiger charge is -2.36. The monoisotopic (exact) mass is 300 g/mol. The van der Waals surface area contributed by atoms with Crippen molar-refractivity contribution in [2.45, 2.75) is 12.8 Å². The summed E-state index contributed by atoms with van der Waals surface area (Å²) in [4.78, 5) is 28.6. The molecule has 1 aromatic rings. The fraction of sp³-hybridized carbons (Fsp3) is 0.529. The molecule has 1 saturated heterocycles. The van der Waals surface area contributed by atoms with E-state index >= 15 is 0 Å². The van der Waals surface area contributed by atoms with Crippen molar-refractivity contribution in [2.24, 2.45) is 17.8 Å². The van der Waals surface area contributed by atoms with E-state index in [1.807, 2.05) is 4.90 Å². The zero-order valence-electron chi connectivity index (χ0n) is 12.5. The molecule has 1 aliphatic heterocycles. The first-order chi connectivity index (χ1) is 10.7.